The maximum absolute atomic E-state index is 13.1. The van der Waals surface area contributed by atoms with Gasteiger partial charge in [-0.1, -0.05) is 141 Å². The lowest BCUT2D eigenvalue weighted by atomic mass is 9.91. The van der Waals surface area contributed by atoms with Crippen molar-refractivity contribution in [2.24, 2.45) is 5.92 Å². The van der Waals surface area contributed by atoms with Crippen LogP contribution in [0.15, 0.2) is 24.3 Å². The maximum atomic E-state index is 13.1. The van der Waals surface area contributed by atoms with E-state index in [1.54, 1.807) is 19.0 Å². The molecule has 0 saturated heterocycles. The number of likely N-dealkylation sites (N-methyl/N-ethyl adjacent to an activating group) is 1. The summed E-state index contributed by atoms with van der Waals surface area (Å²) >= 11 is 0. The van der Waals surface area contributed by atoms with Crippen LogP contribution in [0.2, 0.25) is 0 Å². The highest BCUT2D eigenvalue weighted by molar-refractivity contribution is 6.41. The molecule has 1 unspecified atom stereocenters. The molecule has 0 saturated carbocycles. The highest BCUT2D eigenvalue weighted by atomic mass is 16.5. The van der Waals surface area contributed by atoms with Crippen LogP contribution in [0.3, 0.4) is 0 Å². The quantitative estimate of drug-likeness (QED) is 0.0213. The fourth-order valence-electron chi connectivity index (χ4n) is 6.01. The Morgan fingerprint density at radius 1 is 0.510 bits per heavy atom. The molecule has 0 aliphatic carbocycles. The van der Waals surface area contributed by atoms with Crippen molar-refractivity contribution in [2.75, 3.05) is 27.2 Å². The summed E-state index contributed by atoms with van der Waals surface area (Å²) in [7, 11) is 3.50. The van der Waals surface area contributed by atoms with Gasteiger partial charge < -0.3 is 4.74 Å². The molecular formula is C43H77NO5. The molecule has 0 aliphatic heterocycles. The summed E-state index contributed by atoms with van der Waals surface area (Å²) < 4.78 is 5.28. The second-order valence-corrected chi connectivity index (χ2v) is 14.4. The van der Waals surface area contributed by atoms with Gasteiger partial charge in [0.1, 0.15) is 18.3 Å². The Balaban J connectivity index is 4.31. The molecule has 0 rings (SSSR count). The Morgan fingerprint density at radius 2 is 0.878 bits per heavy atom. The van der Waals surface area contributed by atoms with Gasteiger partial charge >= 0.3 is 5.97 Å². The molecule has 0 aromatic heterocycles. The van der Waals surface area contributed by atoms with Crippen molar-refractivity contribution >= 4 is 23.3 Å². The molecule has 6 nitrogen and oxygen atoms in total. The molecule has 0 N–H and O–H groups in total. The van der Waals surface area contributed by atoms with Crippen LogP contribution in [-0.4, -0.2) is 55.5 Å². The summed E-state index contributed by atoms with van der Waals surface area (Å²) in [6.07, 6.45) is 39.9. The van der Waals surface area contributed by atoms with E-state index < -0.39 is 23.5 Å². The van der Waals surface area contributed by atoms with Gasteiger partial charge in [-0.15, -0.1) is 0 Å². The van der Waals surface area contributed by atoms with E-state index in [0.717, 1.165) is 64.2 Å². The standard InChI is InChI=1S/C43H77NO5/c1-5-7-9-11-13-15-17-19-21-23-25-27-29-31-33-35-40(45)39(38-49-42(47)37-44(3)4)43(48)41(46)36-34-32-30-28-26-24-22-20-18-16-14-12-10-8-6-2/h19-22,39H,5-18,23-38H2,1-4H3/b21-19-,22-20-. The maximum Gasteiger partial charge on any atom is 0.320 e. The molecule has 0 aromatic carbocycles. The number of ketones is 3. The van der Waals surface area contributed by atoms with Gasteiger partial charge in [-0.25, -0.2) is 0 Å². The molecule has 49 heavy (non-hydrogen) atoms. The first kappa shape index (κ1) is 46.9. The number of unbranched alkanes of at least 4 members (excludes halogenated alkanes) is 22. The summed E-state index contributed by atoms with van der Waals surface area (Å²) in [5.41, 5.74) is 0. The van der Waals surface area contributed by atoms with Crippen LogP contribution in [0.5, 0.6) is 0 Å². The Hall–Kier alpha value is -2.08. The fourth-order valence-corrected chi connectivity index (χ4v) is 6.01. The van der Waals surface area contributed by atoms with Crippen molar-refractivity contribution in [1.29, 1.82) is 0 Å². The van der Waals surface area contributed by atoms with Crippen molar-refractivity contribution in [3.05, 3.63) is 24.3 Å². The molecule has 1 atom stereocenters. The lowest BCUT2D eigenvalue weighted by Crippen LogP contribution is -2.35. The Bertz CT molecular complexity index is 877. The van der Waals surface area contributed by atoms with Gasteiger partial charge in [0.15, 0.2) is 5.78 Å². The van der Waals surface area contributed by atoms with Gasteiger partial charge in [0.2, 0.25) is 5.78 Å². The Morgan fingerprint density at radius 3 is 1.29 bits per heavy atom. The largest absolute Gasteiger partial charge is 0.463 e. The van der Waals surface area contributed by atoms with Gasteiger partial charge in [0.25, 0.3) is 0 Å². The molecule has 6 heteroatoms. The number of ether oxygens (including phenoxy) is 1. The Labute approximate surface area is 302 Å². The van der Waals surface area contributed by atoms with E-state index in [1.807, 2.05) is 0 Å². The molecule has 0 aliphatic rings. The minimum Gasteiger partial charge on any atom is -0.463 e. The highest BCUT2D eigenvalue weighted by Gasteiger charge is 2.32. The van der Waals surface area contributed by atoms with E-state index in [1.165, 1.54) is 89.9 Å². The lowest BCUT2D eigenvalue weighted by molar-refractivity contribution is -0.151. The average Bonchev–Trinajstić information content (AvgIpc) is 3.07. The summed E-state index contributed by atoms with van der Waals surface area (Å²) in [5.74, 6) is -3.16. The van der Waals surface area contributed by atoms with Crippen molar-refractivity contribution in [3.8, 4) is 0 Å². The molecule has 0 spiro atoms. The molecule has 0 heterocycles. The third-order valence-corrected chi connectivity index (χ3v) is 9.19. The van der Waals surface area contributed by atoms with E-state index in [4.69, 9.17) is 4.74 Å². The molecule has 0 radical (unpaired) electrons. The Kier molecular flexibility index (Phi) is 34.2. The lowest BCUT2D eigenvalue weighted by Gasteiger charge is -2.16. The number of esters is 1. The average molecular weight is 688 g/mol. The highest BCUT2D eigenvalue weighted by Crippen LogP contribution is 2.16. The molecule has 284 valence electrons. The van der Waals surface area contributed by atoms with Gasteiger partial charge in [-0.3, -0.25) is 24.1 Å². The predicted octanol–water partition coefficient (Wildman–Crippen LogP) is 11.5. The number of Topliss-reactive ketones (excluding diaryl/α,β-unsaturated/α-hetero) is 3. The zero-order chi connectivity index (χ0) is 36.2. The van der Waals surface area contributed by atoms with Crippen LogP contribution < -0.4 is 0 Å². The molecule has 0 fully saturated rings. The van der Waals surface area contributed by atoms with Gasteiger partial charge in [-0.2, -0.15) is 0 Å². The van der Waals surface area contributed by atoms with Gasteiger partial charge in [-0.05, 0) is 78.3 Å². The van der Waals surface area contributed by atoms with E-state index >= 15 is 0 Å². The minimum absolute atomic E-state index is 0.0617. The van der Waals surface area contributed by atoms with Crippen LogP contribution in [0, 0.1) is 5.92 Å². The number of hydrogen-bond donors (Lipinski definition) is 0. The second-order valence-electron chi connectivity index (χ2n) is 14.4. The van der Waals surface area contributed by atoms with E-state index in [2.05, 4.69) is 38.2 Å². The smallest absolute Gasteiger partial charge is 0.320 e. The number of hydrogen-bond acceptors (Lipinski definition) is 6. The zero-order valence-electron chi connectivity index (χ0n) is 32.6. The van der Waals surface area contributed by atoms with Crippen molar-refractivity contribution in [1.82, 2.24) is 4.90 Å². The van der Waals surface area contributed by atoms with E-state index in [9.17, 15) is 19.2 Å². The normalized spacial score (nSPS) is 12.3. The van der Waals surface area contributed by atoms with Crippen LogP contribution in [-0.2, 0) is 23.9 Å². The fraction of sp³-hybridized carbons (Fsp3) is 0.814. The van der Waals surface area contributed by atoms with Crippen molar-refractivity contribution in [3.63, 3.8) is 0 Å². The molecule has 0 bridgehead atoms. The van der Waals surface area contributed by atoms with Crippen LogP contribution >= 0.6 is 0 Å². The first-order chi connectivity index (χ1) is 23.8. The number of allylic oxidation sites excluding steroid dienone is 4. The van der Waals surface area contributed by atoms with Gasteiger partial charge in [0, 0.05) is 12.8 Å². The number of carbonyl (C=O) groups is 4. The van der Waals surface area contributed by atoms with E-state index in [-0.39, 0.29) is 31.8 Å². The number of carbonyl (C=O) groups excluding carboxylic acids is 4. The summed E-state index contributed by atoms with van der Waals surface area (Å²) in [6, 6.07) is 0. The number of nitrogens with zero attached hydrogens (tertiary/aromatic N) is 1. The SMILES string of the molecule is CCCCCCCC/C=C\CCCCCCCC(=O)C(=O)C(COC(=O)CN(C)C)C(=O)CCCCCCC/C=C\CCCCCCCC. The van der Waals surface area contributed by atoms with Gasteiger partial charge in [0.05, 0.1) is 6.54 Å². The third kappa shape index (κ3) is 31.6. The van der Waals surface area contributed by atoms with Crippen LogP contribution in [0.4, 0.5) is 0 Å². The summed E-state index contributed by atoms with van der Waals surface area (Å²) in [4.78, 5) is 52.7. The number of rotatable bonds is 37. The third-order valence-electron chi connectivity index (χ3n) is 9.19. The second kappa shape index (κ2) is 35.7. The molecule has 0 amide bonds. The minimum atomic E-state index is -1.18. The molecule has 0 aromatic rings. The zero-order valence-corrected chi connectivity index (χ0v) is 32.6. The summed E-state index contributed by atoms with van der Waals surface area (Å²) in [5, 5.41) is 0. The monoisotopic (exact) mass is 688 g/mol. The molecular weight excluding hydrogens is 610 g/mol. The van der Waals surface area contributed by atoms with Crippen molar-refractivity contribution < 1.29 is 23.9 Å². The first-order valence-electron chi connectivity index (χ1n) is 20.5. The van der Waals surface area contributed by atoms with Crippen molar-refractivity contribution in [2.45, 2.75) is 194 Å². The summed E-state index contributed by atoms with van der Waals surface area (Å²) in [6.45, 7) is 4.22. The van der Waals surface area contributed by atoms with Crippen LogP contribution in [0.25, 0.3) is 0 Å². The van der Waals surface area contributed by atoms with Crippen LogP contribution in [0.1, 0.15) is 194 Å². The van der Waals surface area contributed by atoms with E-state index in [0.29, 0.717) is 12.8 Å². The predicted molar refractivity (Wildman–Crippen MR) is 207 cm³/mol. The first-order valence-corrected chi connectivity index (χ1v) is 20.5. The topological polar surface area (TPSA) is 80.8 Å².